The van der Waals surface area contributed by atoms with Crippen molar-refractivity contribution in [2.45, 2.75) is 40.2 Å². The van der Waals surface area contributed by atoms with Crippen molar-refractivity contribution in [3.63, 3.8) is 0 Å². The third-order valence-electron chi connectivity index (χ3n) is 3.83. The molecule has 6 nitrogen and oxygen atoms in total. The molecular weight excluding hydrogens is 352 g/mol. The summed E-state index contributed by atoms with van der Waals surface area (Å²) in [6, 6.07) is 8.97. The lowest BCUT2D eigenvalue weighted by molar-refractivity contribution is -0.124. The fourth-order valence-electron chi connectivity index (χ4n) is 2.38. The number of benzene rings is 1. The van der Waals surface area contributed by atoms with E-state index in [1.807, 2.05) is 13.0 Å². The molecule has 0 radical (unpaired) electrons. The lowest BCUT2D eigenvalue weighted by Gasteiger charge is -2.16. The number of anilines is 2. The first-order valence-electron chi connectivity index (χ1n) is 8.28. The average Bonchev–Trinajstić information content (AvgIpc) is 2.86. The molecule has 1 heterocycles. The third kappa shape index (κ3) is 4.70. The van der Waals surface area contributed by atoms with Crippen LogP contribution in [0.2, 0.25) is 0 Å². The molecule has 0 aliphatic heterocycles. The Kier molecular flexibility index (Phi) is 6.52. The normalized spacial score (nSPS) is 11.5. The first-order valence-corrected chi connectivity index (χ1v) is 9.09. The SMILES string of the molecule is CCC(OC(=O)c1c(NC(C)=O)sc(C)c1C)C(=O)Nc1ccccc1. The number of aryl methyl sites for hydroxylation is 1. The van der Waals surface area contributed by atoms with Gasteiger partial charge in [-0.25, -0.2) is 4.79 Å². The first kappa shape index (κ1) is 19.7. The first-order chi connectivity index (χ1) is 12.3. The Morgan fingerprint density at radius 3 is 2.35 bits per heavy atom. The molecule has 7 heteroatoms. The molecule has 2 aromatic rings. The summed E-state index contributed by atoms with van der Waals surface area (Å²) in [6.07, 6.45) is -0.588. The summed E-state index contributed by atoms with van der Waals surface area (Å²) in [4.78, 5) is 37.4. The molecule has 26 heavy (non-hydrogen) atoms. The van der Waals surface area contributed by atoms with Crippen LogP contribution < -0.4 is 10.6 Å². The number of rotatable bonds is 6. The van der Waals surface area contributed by atoms with Gasteiger partial charge in [0.2, 0.25) is 5.91 Å². The predicted octanol–water partition coefficient (Wildman–Crippen LogP) is 3.90. The Hall–Kier alpha value is -2.67. The van der Waals surface area contributed by atoms with E-state index in [-0.39, 0.29) is 5.91 Å². The zero-order chi connectivity index (χ0) is 19.3. The third-order valence-corrected chi connectivity index (χ3v) is 4.96. The molecule has 2 rings (SSSR count). The van der Waals surface area contributed by atoms with Gasteiger partial charge >= 0.3 is 5.97 Å². The van der Waals surface area contributed by atoms with Crippen LogP contribution in [-0.2, 0) is 14.3 Å². The second-order valence-electron chi connectivity index (χ2n) is 5.83. The molecule has 1 atom stereocenters. The average molecular weight is 374 g/mol. The van der Waals surface area contributed by atoms with Gasteiger partial charge in [0, 0.05) is 17.5 Å². The topological polar surface area (TPSA) is 84.5 Å². The number of carbonyl (C=O) groups excluding carboxylic acids is 3. The van der Waals surface area contributed by atoms with E-state index in [2.05, 4.69) is 10.6 Å². The van der Waals surface area contributed by atoms with Crippen molar-refractivity contribution in [3.8, 4) is 0 Å². The predicted molar refractivity (Wildman–Crippen MR) is 103 cm³/mol. The highest BCUT2D eigenvalue weighted by Gasteiger charge is 2.27. The lowest BCUT2D eigenvalue weighted by Crippen LogP contribution is -2.32. The second-order valence-corrected chi connectivity index (χ2v) is 7.05. The zero-order valence-electron chi connectivity index (χ0n) is 15.2. The fourth-order valence-corrected chi connectivity index (χ4v) is 3.47. The van der Waals surface area contributed by atoms with Crippen molar-refractivity contribution < 1.29 is 19.1 Å². The maximum absolute atomic E-state index is 12.7. The van der Waals surface area contributed by atoms with E-state index < -0.39 is 18.0 Å². The van der Waals surface area contributed by atoms with Crippen LogP contribution in [0.15, 0.2) is 30.3 Å². The smallest absolute Gasteiger partial charge is 0.342 e. The van der Waals surface area contributed by atoms with Crippen molar-refractivity contribution >= 4 is 39.8 Å². The molecule has 0 aliphatic rings. The number of para-hydroxylation sites is 1. The monoisotopic (exact) mass is 374 g/mol. The molecule has 1 unspecified atom stereocenters. The highest BCUT2D eigenvalue weighted by molar-refractivity contribution is 7.16. The van der Waals surface area contributed by atoms with Gasteiger partial charge in [-0.15, -0.1) is 11.3 Å². The minimum atomic E-state index is -0.924. The largest absolute Gasteiger partial charge is 0.449 e. The molecule has 0 saturated heterocycles. The lowest BCUT2D eigenvalue weighted by atomic mass is 10.1. The maximum Gasteiger partial charge on any atom is 0.342 e. The summed E-state index contributed by atoms with van der Waals surface area (Å²) in [6.45, 7) is 6.80. The van der Waals surface area contributed by atoms with E-state index in [1.54, 1.807) is 38.1 Å². The van der Waals surface area contributed by atoms with Crippen molar-refractivity contribution in [1.29, 1.82) is 0 Å². The number of amides is 2. The standard InChI is InChI=1S/C19H22N2O4S/c1-5-15(17(23)21-14-9-7-6-8-10-14)25-19(24)16-11(2)12(3)26-18(16)20-13(4)22/h6-10,15H,5H2,1-4H3,(H,20,22)(H,21,23). The van der Waals surface area contributed by atoms with Crippen LogP contribution in [0, 0.1) is 13.8 Å². The van der Waals surface area contributed by atoms with Crippen LogP contribution in [0.5, 0.6) is 0 Å². The van der Waals surface area contributed by atoms with Gasteiger partial charge in [-0.05, 0) is 38.0 Å². The molecule has 0 saturated carbocycles. The number of ether oxygens (including phenoxy) is 1. The number of hydrogen-bond acceptors (Lipinski definition) is 5. The Bertz CT molecular complexity index is 814. The van der Waals surface area contributed by atoms with E-state index >= 15 is 0 Å². The van der Waals surface area contributed by atoms with Crippen molar-refractivity contribution in [2.75, 3.05) is 10.6 Å². The van der Waals surface area contributed by atoms with Crippen LogP contribution in [0.25, 0.3) is 0 Å². The van der Waals surface area contributed by atoms with Gasteiger partial charge in [0.15, 0.2) is 6.10 Å². The Morgan fingerprint density at radius 1 is 1.12 bits per heavy atom. The minimum Gasteiger partial charge on any atom is -0.449 e. The molecule has 0 fully saturated rings. The Labute approximate surface area is 156 Å². The van der Waals surface area contributed by atoms with Crippen LogP contribution >= 0.6 is 11.3 Å². The van der Waals surface area contributed by atoms with Gasteiger partial charge in [-0.2, -0.15) is 0 Å². The summed E-state index contributed by atoms with van der Waals surface area (Å²) < 4.78 is 5.44. The van der Waals surface area contributed by atoms with Crippen molar-refractivity contribution in [1.82, 2.24) is 0 Å². The second kappa shape index (κ2) is 8.62. The number of thiophene rings is 1. The van der Waals surface area contributed by atoms with Gasteiger partial charge < -0.3 is 15.4 Å². The molecule has 1 aromatic carbocycles. The van der Waals surface area contributed by atoms with Gasteiger partial charge in [0.05, 0.1) is 5.56 Å². The van der Waals surface area contributed by atoms with Gasteiger partial charge in [-0.1, -0.05) is 25.1 Å². The fraction of sp³-hybridized carbons (Fsp3) is 0.316. The molecular formula is C19H22N2O4S. The maximum atomic E-state index is 12.7. The number of carbonyl (C=O) groups is 3. The van der Waals surface area contributed by atoms with Crippen LogP contribution in [0.4, 0.5) is 10.7 Å². The molecule has 2 N–H and O–H groups in total. The minimum absolute atomic E-state index is 0.269. The van der Waals surface area contributed by atoms with E-state index in [0.29, 0.717) is 22.7 Å². The van der Waals surface area contributed by atoms with E-state index in [9.17, 15) is 14.4 Å². The summed E-state index contributed by atoms with van der Waals surface area (Å²) in [5.74, 6) is -1.28. The Balaban J connectivity index is 2.16. The zero-order valence-corrected chi connectivity index (χ0v) is 16.0. The summed E-state index contributed by atoms with van der Waals surface area (Å²) >= 11 is 1.31. The molecule has 1 aromatic heterocycles. The van der Waals surface area contributed by atoms with E-state index in [0.717, 1.165) is 10.4 Å². The summed E-state index contributed by atoms with van der Waals surface area (Å²) in [7, 11) is 0. The van der Waals surface area contributed by atoms with Crippen LogP contribution in [-0.4, -0.2) is 23.9 Å². The van der Waals surface area contributed by atoms with Gasteiger partial charge in [0.1, 0.15) is 5.00 Å². The number of hydrogen-bond donors (Lipinski definition) is 2. The van der Waals surface area contributed by atoms with E-state index in [4.69, 9.17) is 4.74 Å². The molecule has 2 amide bonds. The van der Waals surface area contributed by atoms with Crippen molar-refractivity contribution in [3.05, 3.63) is 46.3 Å². The van der Waals surface area contributed by atoms with Gasteiger partial charge in [-0.3, -0.25) is 9.59 Å². The molecule has 0 bridgehead atoms. The Morgan fingerprint density at radius 2 is 1.77 bits per heavy atom. The highest BCUT2D eigenvalue weighted by atomic mass is 32.1. The molecule has 138 valence electrons. The number of nitrogens with one attached hydrogen (secondary N) is 2. The van der Waals surface area contributed by atoms with Gasteiger partial charge in [0.25, 0.3) is 5.91 Å². The summed E-state index contributed by atoms with van der Waals surface area (Å²) in [5, 5.41) is 5.83. The molecule has 0 aliphatic carbocycles. The van der Waals surface area contributed by atoms with E-state index in [1.165, 1.54) is 18.3 Å². The highest BCUT2D eigenvalue weighted by Crippen LogP contribution is 2.33. The quantitative estimate of drug-likeness (QED) is 0.751. The number of esters is 1. The molecule has 0 spiro atoms. The van der Waals surface area contributed by atoms with Crippen LogP contribution in [0.3, 0.4) is 0 Å². The van der Waals surface area contributed by atoms with Crippen molar-refractivity contribution in [2.24, 2.45) is 0 Å². The summed E-state index contributed by atoms with van der Waals surface area (Å²) in [5.41, 5.74) is 1.67. The van der Waals surface area contributed by atoms with Crippen LogP contribution in [0.1, 0.15) is 41.1 Å².